The van der Waals surface area contributed by atoms with Crippen LogP contribution in [0.1, 0.15) is 21.8 Å². The molecule has 0 spiro atoms. The maximum atomic E-state index is 11.9. The topological polar surface area (TPSA) is 83.6 Å². The lowest BCUT2D eigenvalue weighted by atomic mass is 10.2. The molecule has 0 atom stereocenters. The van der Waals surface area contributed by atoms with Gasteiger partial charge in [0.2, 0.25) is 5.91 Å². The van der Waals surface area contributed by atoms with Crippen molar-refractivity contribution in [1.29, 1.82) is 5.26 Å². The van der Waals surface area contributed by atoms with Crippen molar-refractivity contribution >= 4 is 22.2 Å². The predicted octanol–water partition coefficient (Wildman–Crippen LogP) is 1.78. The second-order valence-corrected chi connectivity index (χ2v) is 5.39. The lowest BCUT2D eigenvalue weighted by Gasteiger charge is -2.03. The highest BCUT2D eigenvalue weighted by Crippen LogP contribution is 2.31. The van der Waals surface area contributed by atoms with Gasteiger partial charge in [-0.15, -0.1) is 16.4 Å². The molecular weight excluding hydrogens is 262 g/mol. The van der Waals surface area contributed by atoms with Crippen LogP contribution >= 0.6 is 11.3 Å². The second kappa shape index (κ2) is 5.20. The number of nitrogens with zero attached hydrogens (tertiary/aromatic N) is 4. The summed E-state index contributed by atoms with van der Waals surface area (Å²) in [5.74, 6) is -0.120. The fraction of sp³-hybridized carbons (Fsp3) is 0.333. The number of aromatic nitrogens is 3. The van der Waals surface area contributed by atoms with Crippen LogP contribution in [0.25, 0.3) is 0 Å². The van der Waals surface area contributed by atoms with Gasteiger partial charge in [0.15, 0.2) is 0 Å². The Morgan fingerprint density at radius 1 is 1.47 bits per heavy atom. The molecule has 0 bridgehead atoms. The number of hydrogen-bond donors (Lipinski definition) is 1. The molecule has 0 fully saturated rings. The van der Waals surface area contributed by atoms with Crippen LogP contribution in [0.15, 0.2) is 6.33 Å². The third-order valence-corrected chi connectivity index (χ3v) is 4.11. The fourth-order valence-corrected chi connectivity index (χ4v) is 2.68. The van der Waals surface area contributed by atoms with E-state index in [-0.39, 0.29) is 18.3 Å². The predicted molar refractivity (Wildman–Crippen MR) is 71.9 cm³/mol. The second-order valence-electron chi connectivity index (χ2n) is 4.16. The summed E-state index contributed by atoms with van der Waals surface area (Å²) >= 11 is 1.56. The Morgan fingerprint density at radius 3 is 2.74 bits per heavy atom. The molecule has 0 radical (unpaired) electrons. The van der Waals surface area contributed by atoms with Gasteiger partial charge in [-0.1, -0.05) is 0 Å². The van der Waals surface area contributed by atoms with Gasteiger partial charge in [-0.2, -0.15) is 5.26 Å². The van der Waals surface area contributed by atoms with Crippen LogP contribution in [0, 0.1) is 32.1 Å². The van der Waals surface area contributed by atoms with E-state index in [2.05, 4.69) is 15.4 Å². The number of anilines is 1. The normalized spacial score (nSPS) is 10.2. The first kappa shape index (κ1) is 13.2. The molecule has 98 valence electrons. The Morgan fingerprint density at radius 2 is 2.21 bits per heavy atom. The lowest BCUT2D eigenvalue weighted by Crippen LogP contribution is -2.19. The molecule has 2 rings (SSSR count). The van der Waals surface area contributed by atoms with Gasteiger partial charge < -0.3 is 5.32 Å². The van der Waals surface area contributed by atoms with Crippen LogP contribution in [0.5, 0.6) is 0 Å². The van der Waals surface area contributed by atoms with E-state index < -0.39 is 0 Å². The zero-order chi connectivity index (χ0) is 14.0. The fourth-order valence-electron chi connectivity index (χ4n) is 1.60. The van der Waals surface area contributed by atoms with Crippen molar-refractivity contribution in [2.24, 2.45) is 0 Å². The largest absolute Gasteiger partial charge is 0.316 e. The molecule has 0 saturated heterocycles. The van der Waals surface area contributed by atoms with E-state index in [4.69, 9.17) is 5.26 Å². The van der Waals surface area contributed by atoms with Gasteiger partial charge in [-0.3, -0.25) is 4.79 Å². The highest BCUT2D eigenvalue weighted by atomic mass is 32.1. The minimum absolute atomic E-state index is 0.0457. The number of nitrogens with one attached hydrogen (secondary N) is 1. The molecule has 2 heterocycles. The molecule has 1 N–H and O–H groups in total. The van der Waals surface area contributed by atoms with E-state index in [1.165, 1.54) is 21.4 Å². The van der Waals surface area contributed by atoms with Crippen LogP contribution in [-0.4, -0.2) is 20.7 Å². The van der Waals surface area contributed by atoms with Gasteiger partial charge in [0, 0.05) is 4.88 Å². The monoisotopic (exact) mass is 275 g/mol. The molecule has 7 heteroatoms. The van der Waals surface area contributed by atoms with Crippen molar-refractivity contribution in [3.8, 4) is 6.07 Å². The zero-order valence-electron chi connectivity index (χ0n) is 10.9. The van der Waals surface area contributed by atoms with Crippen LogP contribution in [0.3, 0.4) is 0 Å². The summed E-state index contributed by atoms with van der Waals surface area (Å²) in [6.07, 6.45) is 1.37. The minimum atomic E-state index is -0.182. The highest BCUT2D eigenvalue weighted by Gasteiger charge is 2.12. The third kappa shape index (κ3) is 2.80. The number of carbonyl (C=O) groups is 1. The first-order chi connectivity index (χ1) is 9.01. The van der Waals surface area contributed by atoms with Crippen LogP contribution in [0.4, 0.5) is 5.00 Å². The number of rotatable bonds is 3. The number of aryl methyl sites for hydroxylation is 1. The smallest absolute Gasteiger partial charge is 0.252 e. The van der Waals surface area contributed by atoms with Gasteiger partial charge in [0.25, 0.3) is 5.82 Å². The average Bonchev–Trinajstić information content (AvgIpc) is 2.91. The van der Waals surface area contributed by atoms with E-state index >= 15 is 0 Å². The summed E-state index contributed by atoms with van der Waals surface area (Å²) < 4.78 is 1.34. The molecule has 0 saturated carbocycles. The Labute approximate surface area is 114 Å². The lowest BCUT2D eigenvalue weighted by molar-refractivity contribution is -0.116. The standard InChI is InChI=1S/C12H13N5OS/c1-7-8(2)12(19-9(7)3)15-11(18)5-17-6-14-10(4-13)16-17/h6H,5H2,1-3H3,(H,15,18). The molecule has 0 aliphatic carbocycles. The van der Waals surface area contributed by atoms with E-state index in [1.54, 1.807) is 11.3 Å². The van der Waals surface area contributed by atoms with Crippen molar-refractivity contribution in [3.05, 3.63) is 28.2 Å². The Kier molecular flexibility index (Phi) is 3.62. The maximum absolute atomic E-state index is 11.9. The van der Waals surface area contributed by atoms with Crippen molar-refractivity contribution < 1.29 is 4.79 Å². The quantitative estimate of drug-likeness (QED) is 0.925. The summed E-state index contributed by atoms with van der Waals surface area (Å²) in [7, 11) is 0. The zero-order valence-corrected chi connectivity index (χ0v) is 11.7. The maximum Gasteiger partial charge on any atom is 0.252 e. The molecule has 6 nitrogen and oxygen atoms in total. The molecule has 2 aromatic heterocycles. The summed E-state index contributed by atoms with van der Waals surface area (Å²) in [6, 6.07) is 1.82. The van der Waals surface area contributed by atoms with Gasteiger partial charge >= 0.3 is 0 Å². The van der Waals surface area contributed by atoms with E-state index in [0.29, 0.717) is 0 Å². The summed E-state index contributed by atoms with van der Waals surface area (Å²) in [4.78, 5) is 16.8. The van der Waals surface area contributed by atoms with Crippen molar-refractivity contribution in [2.75, 3.05) is 5.32 Å². The van der Waals surface area contributed by atoms with E-state index in [1.807, 2.05) is 26.8 Å². The number of nitriles is 1. The first-order valence-electron chi connectivity index (χ1n) is 5.67. The average molecular weight is 275 g/mol. The summed E-state index contributed by atoms with van der Waals surface area (Å²) in [6.45, 7) is 6.09. The summed E-state index contributed by atoms with van der Waals surface area (Å²) in [5.41, 5.74) is 2.29. The molecule has 1 amide bonds. The van der Waals surface area contributed by atoms with Gasteiger partial charge in [-0.25, -0.2) is 9.67 Å². The van der Waals surface area contributed by atoms with Crippen molar-refractivity contribution in [3.63, 3.8) is 0 Å². The van der Waals surface area contributed by atoms with Crippen molar-refractivity contribution in [2.45, 2.75) is 27.3 Å². The number of thiophene rings is 1. The molecule has 19 heavy (non-hydrogen) atoms. The molecule has 2 aromatic rings. The third-order valence-electron chi connectivity index (χ3n) is 2.88. The van der Waals surface area contributed by atoms with Crippen LogP contribution in [0.2, 0.25) is 0 Å². The van der Waals surface area contributed by atoms with Crippen LogP contribution < -0.4 is 5.32 Å². The Hall–Kier alpha value is -2.20. The highest BCUT2D eigenvalue weighted by molar-refractivity contribution is 7.16. The Balaban J connectivity index is 2.05. The van der Waals surface area contributed by atoms with Gasteiger partial charge in [-0.05, 0) is 31.9 Å². The minimum Gasteiger partial charge on any atom is -0.316 e. The Bertz CT molecular complexity index is 664. The molecular formula is C12H13N5OS. The molecule has 0 aliphatic heterocycles. The van der Waals surface area contributed by atoms with E-state index in [0.717, 1.165) is 10.6 Å². The van der Waals surface area contributed by atoms with Crippen LogP contribution in [-0.2, 0) is 11.3 Å². The number of carbonyl (C=O) groups excluding carboxylic acids is 1. The van der Waals surface area contributed by atoms with E-state index in [9.17, 15) is 4.79 Å². The number of amides is 1. The van der Waals surface area contributed by atoms with Crippen molar-refractivity contribution in [1.82, 2.24) is 14.8 Å². The van der Waals surface area contributed by atoms with Gasteiger partial charge in [0.1, 0.15) is 18.9 Å². The SMILES string of the molecule is Cc1sc(NC(=O)Cn2cnc(C#N)n2)c(C)c1C. The molecule has 0 unspecified atom stereocenters. The molecule has 0 aromatic carbocycles. The number of hydrogen-bond acceptors (Lipinski definition) is 5. The van der Waals surface area contributed by atoms with Gasteiger partial charge in [0.05, 0.1) is 5.00 Å². The summed E-state index contributed by atoms with van der Waals surface area (Å²) in [5, 5.41) is 16.2. The molecule has 0 aliphatic rings. The first-order valence-corrected chi connectivity index (χ1v) is 6.49.